The molecule has 0 saturated carbocycles. The minimum absolute atomic E-state index is 0.746. The van der Waals surface area contributed by atoms with Gasteiger partial charge in [0.05, 0.1) is 0 Å². The molecular weight excluding hydrogens is 192 g/mol. The molecule has 2 aromatic rings. The number of hydrogen-bond acceptors (Lipinski definition) is 2. The number of rotatable bonds is 2. The summed E-state index contributed by atoms with van der Waals surface area (Å²) >= 11 is 4.64. The molecule has 0 aliphatic carbocycles. The van der Waals surface area contributed by atoms with Gasteiger partial charge in [-0.3, -0.25) is 0 Å². The highest BCUT2D eigenvalue weighted by molar-refractivity contribution is 7.79. The van der Waals surface area contributed by atoms with Crippen LogP contribution < -0.4 is 11.1 Å². The Labute approximate surface area is 87.7 Å². The first kappa shape index (κ1) is 8.97. The van der Waals surface area contributed by atoms with E-state index in [1.54, 1.807) is 0 Å². The standard InChI is InChI=1S/C11H9N2S/c12-9-5-1-3-8-4-2-6-10(11(8)9)13-7-14/h1-6H,12H2,(H,13,14). The van der Waals surface area contributed by atoms with E-state index in [-0.39, 0.29) is 0 Å². The van der Waals surface area contributed by atoms with Crippen molar-refractivity contribution in [3.8, 4) is 0 Å². The second-order valence-electron chi connectivity index (χ2n) is 2.98. The molecule has 0 saturated heterocycles. The Morgan fingerprint density at radius 3 is 2.57 bits per heavy atom. The summed E-state index contributed by atoms with van der Waals surface area (Å²) in [6, 6.07) is 11.7. The minimum Gasteiger partial charge on any atom is -0.398 e. The molecule has 2 aromatic carbocycles. The van der Waals surface area contributed by atoms with Crippen molar-refractivity contribution in [1.29, 1.82) is 0 Å². The van der Waals surface area contributed by atoms with Gasteiger partial charge in [-0.15, -0.1) is 0 Å². The number of fused-ring (bicyclic) bond motifs is 1. The van der Waals surface area contributed by atoms with Crippen LogP contribution in [0.25, 0.3) is 10.8 Å². The van der Waals surface area contributed by atoms with E-state index in [0.717, 1.165) is 22.1 Å². The maximum atomic E-state index is 5.89. The summed E-state index contributed by atoms with van der Waals surface area (Å²) in [5, 5.41) is 4.97. The molecule has 14 heavy (non-hydrogen) atoms. The number of nitrogens with two attached hydrogens (primary N) is 1. The Balaban J connectivity index is 2.77. The number of benzene rings is 2. The second-order valence-corrected chi connectivity index (χ2v) is 3.18. The third-order valence-electron chi connectivity index (χ3n) is 2.12. The zero-order chi connectivity index (χ0) is 9.97. The average molecular weight is 201 g/mol. The number of hydrogen-bond donors (Lipinski definition) is 2. The van der Waals surface area contributed by atoms with Gasteiger partial charge in [0.2, 0.25) is 0 Å². The zero-order valence-electron chi connectivity index (χ0n) is 7.45. The molecule has 0 aliphatic rings. The van der Waals surface area contributed by atoms with Crippen molar-refractivity contribution in [3.63, 3.8) is 0 Å². The number of nitrogen functional groups attached to an aromatic ring is 1. The number of thiocarbonyl (C=S) groups is 1. The van der Waals surface area contributed by atoms with E-state index in [4.69, 9.17) is 5.73 Å². The Morgan fingerprint density at radius 1 is 1.14 bits per heavy atom. The van der Waals surface area contributed by atoms with E-state index in [2.05, 4.69) is 23.0 Å². The maximum absolute atomic E-state index is 5.89. The molecule has 0 spiro atoms. The lowest BCUT2D eigenvalue weighted by Gasteiger charge is -2.07. The van der Waals surface area contributed by atoms with Gasteiger partial charge < -0.3 is 11.1 Å². The van der Waals surface area contributed by atoms with Crippen LogP contribution in [0.3, 0.4) is 0 Å². The fourth-order valence-electron chi connectivity index (χ4n) is 1.53. The fourth-order valence-corrected chi connectivity index (χ4v) is 1.64. The van der Waals surface area contributed by atoms with Gasteiger partial charge in [0, 0.05) is 16.8 Å². The lowest BCUT2D eigenvalue weighted by atomic mass is 10.1. The minimum atomic E-state index is 0.746. The molecule has 0 amide bonds. The molecule has 0 unspecified atom stereocenters. The van der Waals surface area contributed by atoms with Crippen molar-refractivity contribution >= 4 is 39.9 Å². The predicted molar refractivity (Wildman–Crippen MR) is 64.6 cm³/mol. The molecule has 69 valence electrons. The van der Waals surface area contributed by atoms with Crippen molar-refractivity contribution in [1.82, 2.24) is 0 Å². The molecule has 3 N–H and O–H groups in total. The van der Waals surface area contributed by atoms with Gasteiger partial charge in [-0.05, 0) is 17.5 Å². The summed E-state index contributed by atoms with van der Waals surface area (Å²) in [6.07, 6.45) is 0. The lowest BCUT2D eigenvalue weighted by molar-refractivity contribution is 1.70. The lowest BCUT2D eigenvalue weighted by Crippen LogP contribution is -1.95. The summed E-state index contributed by atoms with van der Waals surface area (Å²) in [4.78, 5) is 0. The van der Waals surface area contributed by atoms with Crippen molar-refractivity contribution in [3.05, 3.63) is 36.4 Å². The molecular formula is C11H9N2S. The van der Waals surface area contributed by atoms with Crippen molar-refractivity contribution in [2.45, 2.75) is 0 Å². The van der Waals surface area contributed by atoms with Crippen LogP contribution in [0.5, 0.6) is 0 Å². The summed E-state index contributed by atoms with van der Waals surface area (Å²) in [7, 11) is 0. The molecule has 3 heteroatoms. The highest BCUT2D eigenvalue weighted by atomic mass is 32.1. The summed E-state index contributed by atoms with van der Waals surface area (Å²) < 4.78 is 0. The van der Waals surface area contributed by atoms with Gasteiger partial charge in [0.25, 0.3) is 0 Å². The Kier molecular flexibility index (Phi) is 2.33. The van der Waals surface area contributed by atoms with Crippen LogP contribution in [-0.2, 0) is 0 Å². The molecule has 1 radical (unpaired) electrons. The first-order chi connectivity index (χ1) is 6.83. The quantitative estimate of drug-likeness (QED) is 0.445. The van der Waals surface area contributed by atoms with Gasteiger partial charge in [-0.1, -0.05) is 36.5 Å². The third-order valence-corrected chi connectivity index (χ3v) is 2.22. The van der Waals surface area contributed by atoms with Crippen molar-refractivity contribution in [2.24, 2.45) is 0 Å². The monoisotopic (exact) mass is 201 g/mol. The zero-order valence-corrected chi connectivity index (χ0v) is 8.27. The van der Waals surface area contributed by atoms with E-state index in [9.17, 15) is 0 Å². The smallest absolute Gasteiger partial charge is 0.138 e. The van der Waals surface area contributed by atoms with Crippen LogP contribution in [0.15, 0.2) is 36.4 Å². The van der Waals surface area contributed by atoms with Crippen LogP contribution in [-0.4, -0.2) is 5.49 Å². The predicted octanol–water partition coefficient (Wildman–Crippen LogP) is 2.67. The largest absolute Gasteiger partial charge is 0.398 e. The van der Waals surface area contributed by atoms with Crippen LogP contribution in [0.2, 0.25) is 0 Å². The molecule has 0 aromatic heterocycles. The Bertz CT molecular complexity index is 474. The normalized spacial score (nSPS) is 10.0. The number of anilines is 2. The van der Waals surface area contributed by atoms with E-state index < -0.39 is 0 Å². The second kappa shape index (κ2) is 3.64. The molecule has 0 aliphatic heterocycles. The Hall–Kier alpha value is -1.61. The van der Waals surface area contributed by atoms with E-state index in [0.29, 0.717) is 0 Å². The summed E-state index contributed by atoms with van der Waals surface area (Å²) in [6.45, 7) is 0. The highest BCUT2D eigenvalue weighted by Gasteiger charge is 2.01. The van der Waals surface area contributed by atoms with E-state index in [1.807, 2.05) is 36.4 Å². The van der Waals surface area contributed by atoms with Crippen LogP contribution in [0.1, 0.15) is 0 Å². The molecule has 2 nitrogen and oxygen atoms in total. The molecule has 0 atom stereocenters. The Morgan fingerprint density at radius 2 is 1.86 bits per heavy atom. The van der Waals surface area contributed by atoms with Gasteiger partial charge in [-0.2, -0.15) is 0 Å². The van der Waals surface area contributed by atoms with Gasteiger partial charge >= 0.3 is 0 Å². The van der Waals surface area contributed by atoms with Gasteiger partial charge in [-0.25, -0.2) is 0 Å². The third kappa shape index (κ3) is 1.42. The average Bonchev–Trinajstić information content (AvgIpc) is 2.19. The van der Waals surface area contributed by atoms with Crippen LogP contribution in [0.4, 0.5) is 11.4 Å². The van der Waals surface area contributed by atoms with Gasteiger partial charge in [0.15, 0.2) is 0 Å². The first-order valence-corrected chi connectivity index (χ1v) is 4.64. The van der Waals surface area contributed by atoms with Crippen LogP contribution >= 0.6 is 12.2 Å². The van der Waals surface area contributed by atoms with E-state index in [1.165, 1.54) is 0 Å². The highest BCUT2D eigenvalue weighted by Crippen LogP contribution is 2.28. The molecule has 2 rings (SSSR count). The molecule has 0 fully saturated rings. The van der Waals surface area contributed by atoms with Crippen LogP contribution in [0, 0.1) is 0 Å². The number of nitrogens with one attached hydrogen (secondary N) is 1. The topological polar surface area (TPSA) is 38.0 Å². The van der Waals surface area contributed by atoms with E-state index >= 15 is 0 Å². The van der Waals surface area contributed by atoms with Gasteiger partial charge in [0.1, 0.15) is 5.49 Å². The summed E-state index contributed by atoms with van der Waals surface area (Å²) in [5.74, 6) is 0. The van der Waals surface area contributed by atoms with Crippen molar-refractivity contribution < 1.29 is 0 Å². The van der Waals surface area contributed by atoms with Crippen molar-refractivity contribution in [2.75, 3.05) is 11.1 Å². The molecule has 0 heterocycles. The summed E-state index contributed by atoms with van der Waals surface area (Å²) in [5.41, 5.74) is 10.0. The SMILES string of the molecule is Nc1cccc2cccc(N[C]=S)c12. The first-order valence-electron chi connectivity index (χ1n) is 4.23. The molecule has 0 bridgehead atoms. The maximum Gasteiger partial charge on any atom is 0.138 e. The fraction of sp³-hybridized carbons (Fsp3) is 0.